The summed E-state index contributed by atoms with van der Waals surface area (Å²) in [5.41, 5.74) is 0. The van der Waals surface area contributed by atoms with Crippen LogP contribution in [0.2, 0.25) is 0 Å². The van der Waals surface area contributed by atoms with E-state index >= 15 is 0 Å². The van der Waals surface area contributed by atoms with E-state index in [1.165, 1.54) is 0 Å². The quantitative estimate of drug-likeness (QED) is 0.851. The monoisotopic (exact) mass is 318 g/mol. The average molecular weight is 318 g/mol. The molecule has 0 spiro atoms. The minimum absolute atomic E-state index is 0.0114. The molecule has 3 rings (SSSR count). The molecule has 1 aromatic rings. The van der Waals surface area contributed by atoms with Crippen LogP contribution in [-0.4, -0.2) is 56.8 Å². The molecule has 3 heterocycles. The van der Waals surface area contributed by atoms with Crippen LogP contribution in [0.3, 0.4) is 0 Å². The first-order chi connectivity index (χ1) is 11.1. The van der Waals surface area contributed by atoms with E-state index in [-0.39, 0.29) is 17.9 Å². The summed E-state index contributed by atoms with van der Waals surface area (Å²) in [6, 6.07) is 0.0528. The van der Waals surface area contributed by atoms with Crippen molar-refractivity contribution in [2.75, 3.05) is 19.6 Å². The maximum Gasteiger partial charge on any atom is 0.245 e. The first-order valence-electron chi connectivity index (χ1n) is 8.69. The van der Waals surface area contributed by atoms with Crippen molar-refractivity contribution in [3.63, 3.8) is 0 Å². The summed E-state index contributed by atoms with van der Waals surface area (Å²) < 4.78 is 2.22. The average Bonchev–Trinajstić information content (AvgIpc) is 3.23. The number of imidazole rings is 1. The number of carbonyl (C=O) groups is 2. The van der Waals surface area contributed by atoms with Crippen molar-refractivity contribution in [3.8, 4) is 0 Å². The number of nitrogens with zero attached hydrogens (tertiary/aromatic N) is 4. The van der Waals surface area contributed by atoms with E-state index in [9.17, 15) is 9.59 Å². The number of piperidine rings is 1. The number of amides is 2. The molecule has 0 bridgehead atoms. The highest BCUT2D eigenvalue weighted by Gasteiger charge is 2.37. The highest BCUT2D eigenvalue weighted by molar-refractivity contribution is 5.87. The molecule has 2 fully saturated rings. The number of likely N-dealkylation sites (tertiary alicyclic amines) is 2. The van der Waals surface area contributed by atoms with Crippen molar-refractivity contribution in [2.45, 2.75) is 58.0 Å². The lowest BCUT2D eigenvalue weighted by atomic mass is 10.0. The SMILES string of the molecule is CCc1nccn1[C@H]1CCCN(C(=O)[C@@H]2CCCN2C(C)=O)C1. The van der Waals surface area contributed by atoms with E-state index in [0.29, 0.717) is 12.6 Å². The van der Waals surface area contributed by atoms with Crippen molar-refractivity contribution in [3.05, 3.63) is 18.2 Å². The minimum Gasteiger partial charge on any atom is -0.339 e. The maximum absolute atomic E-state index is 12.9. The van der Waals surface area contributed by atoms with Crippen molar-refractivity contribution in [2.24, 2.45) is 0 Å². The number of rotatable bonds is 3. The summed E-state index contributed by atoms with van der Waals surface area (Å²) in [7, 11) is 0. The molecular formula is C17H26N4O2. The van der Waals surface area contributed by atoms with Gasteiger partial charge in [0.1, 0.15) is 11.9 Å². The summed E-state index contributed by atoms with van der Waals surface area (Å²) in [5.74, 6) is 1.22. The van der Waals surface area contributed by atoms with Gasteiger partial charge in [-0.15, -0.1) is 0 Å². The van der Waals surface area contributed by atoms with Gasteiger partial charge in [-0.1, -0.05) is 6.92 Å². The molecule has 2 atom stereocenters. The van der Waals surface area contributed by atoms with E-state index in [4.69, 9.17) is 0 Å². The summed E-state index contributed by atoms with van der Waals surface area (Å²) in [5, 5.41) is 0. The molecule has 126 valence electrons. The van der Waals surface area contributed by atoms with Gasteiger partial charge >= 0.3 is 0 Å². The molecule has 0 aliphatic carbocycles. The van der Waals surface area contributed by atoms with Gasteiger partial charge in [0.15, 0.2) is 0 Å². The molecule has 23 heavy (non-hydrogen) atoms. The largest absolute Gasteiger partial charge is 0.339 e. The fourth-order valence-corrected chi connectivity index (χ4v) is 3.94. The molecule has 1 aromatic heterocycles. The van der Waals surface area contributed by atoms with Crippen LogP contribution < -0.4 is 0 Å². The van der Waals surface area contributed by atoms with Crippen molar-refractivity contribution in [1.29, 1.82) is 0 Å². The van der Waals surface area contributed by atoms with Gasteiger partial charge in [-0.25, -0.2) is 4.98 Å². The lowest BCUT2D eigenvalue weighted by molar-refractivity contribution is -0.144. The summed E-state index contributed by atoms with van der Waals surface area (Å²) in [6.45, 7) is 5.90. The first kappa shape index (κ1) is 16.0. The van der Waals surface area contributed by atoms with Crippen LogP contribution in [-0.2, 0) is 16.0 Å². The summed E-state index contributed by atoms with van der Waals surface area (Å²) in [4.78, 5) is 32.7. The van der Waals surface area contributed by atoms with E-state index in [1.54, 1.807) is 11.8 Å². The third-order valence-corrected chi connectivity index (χ3v) is 5.11. The molecule has 2 aliphatic rings. The van der Waals surface area contributed by atoms with Gasteiger partial charge in [0.25, 0.3) is 0 Å². The van der Waals surface area contributed by atoms with E-state index in [2.05, 4.69) is 16.5 Å². The Hall–Kier alpha value is -1.85. The summed E-state index contributed by atoms with van der Waals surface area (Å²) >= 11 is 0. The normalized spacial score (nSPS) is 25.0. The van der Waals surface area contributed by atoms with Crippen LogP contribution in [0.25, 0.3) is 0 Å². The van der Waals surface area contributed by atoms with Gasteiger partial charge in [0.2, 0.25) is 11.8 Å². The lowest BCUT2D eigenvalue weighted by Crippen LogP contribution is -2.50. The van der Waals surface area contributed by atoms with Crippen LogP contribution in [0, 0.1) is 0 Å². The van der Waals surface area contributed by atoms with E-state index in [0.717, 1.165) is 51.0 Å². The number of aryl methyl sites for hydroxylation is 1. The van der Waals surface area contributed by atoms with Crippen LogP contribution in [0.1, 0.15) is 51.4 Å². The van der Waals surface area contributed by atoms with Crippen molar-refractivity contribution < 1.29 is 9.59 Å². The smallest absolute Gasteiger partial charge is 0.245 e. The highest BCUT2D eigenvalue weighted by atomic mass is 16.2. The second-order valence-corrected chi connectivity index (χ2v) is 6.56. The molecule has 6 heteroatoms. The third-order valence-electron chi connectivity index (χ3n) is 5.11. The van der Waals surface area contributed by atoms with E-state index in [1.807, 2.05) is 17.3 Å². The van der Waals surface area contributed by atoms with Gasteiger partial charge in [-0.2, -0.15) is 0 Å². The molecule has 0 saturated carbocycles. The van der Waals surface area contributed by atoms with Gasteiger partial charge in [0, 0.05) is 45.4 Å². The fraction of sp³-hybridized carbons (Fsp3) is 0.706. The molecule has 0 radical (unpaired) electrons. The third kappa shape index (κ3) is 3.12. The van der Waals surface area contributed by atoms with Crippen LogP contribution in [0.15, 0.2) is 12.4 Å². The molecule has 2 amide bonds. The zero-order valence-electron chi connectivity index (χ0n) is 14.1. The Morgan fingerprint density at radius 3 is 2.78 bits per heavy atom. The zero-order chi connectivity index (χ0) is 16.4. The Bertz CT molecular complexity index is 583. The molecule has 6 nitrogen and oxygen atoms in total. The van der Waals surface area contributed by atoms with Crippen LogP contribution in [0.4, 0.5) is 0 Å². The minimum atomic E-state index is -0.250. The number of hydrogen-bond donors (Lipinski definition) is 0. The maximum atomic E-state index is 12.9. The highest BCUT2D eigenvalue weighted by Crippen LogP contribution is 2.26. The van der Waals surface area contributed by atoms with E-state index < -0.39 is 0 Å². The molecular weight excluding hydrogens is 292 g/mol. The van der Waals surface area contributed by atoms with Gasteiger partial charge in [-0.05, 0) is 25.7 Å². The number of aromatic nitrogens is 2. The predicted octanol–water partition coefficient (Wildman–Crippen LogP) is 1.62. The fourth-order valence-electron chi connectivity index (χ4n) is 3.94. The molecule has 2 aliphatic heterocycles. The standard InChI is InChI=1S/C17H26N4O2/c1-3-16-18-8-11-21(16)14-6-4-9-19(12-14)17(23)15-7-5-10-20(15)13(2)22/h8,11,14-15H,3-7,9-10,12H2,1-2H3/t14-,15-/m0/s1. The van der Waals surface area contributed by atoms with Gasteiger partial charge in [0.05, 0.1) is 6.04 Å². The number of hydrogen-bond acceptors (Lipinski definition) is 3. The van der Waals surface area contributed by atoms with Gasteiger partial charge in [-0.3, -0.25) is 9.59 Å². The van der Waals surface area contributed by atoms with Crippen LogP contribution >= 0.6 is 0 Å². The Kier molecular flexibility index (Phi) is 4.68. The predicted molar refractivity (Wildman–Crippen MR) is 86.9 cm³/mol. The zero-order valence-corrected chi connectivity index (χ0v) is 14.1. The van der Waals surface area contributed by atoms with Crippen molar-refractivity contribution in [1.82, 2.24) is 19.4 Å². The molecule has 2 saturated heterocycles. The molecule has 0 N–H and O–H groups in total. The Labute approximate surface area is 137 Å². The van der Waals surface area contributed by atoms with Crippen LogP contribution in [0.5, 0.6) is 0 Å². The van der Waals surface area contributed by atoms with Gasteiger partial charge < -0.3 is 14.4 Å². The Balaban J connectivity index is 1.71. The summed E-state index contributed by atoms with van der Waals surface area (Å²) in [6.07, 6.45) is 8.57. The second-order valence-electron chi connectivity index (χ2n) is 6.56. The Morgan fingerprint density at radius 1 is 1.26 bits per heavy atom. The topological polar surface area (TPSA) is 58.4 Å². The molecule has 0 aromatic carbocycles. The lowest BCUT2D eigenvalue weighted by Gasteiger charge is -2.36. The van der Waals surface area contributed by atoms with Crippen molar-refractivity contribution >= 4 is 11.8 Å². The molecule has 0 unspecified atom stereocenters. The Morgan fingerprint density at radius 2 is 2.04 bits per heavy atom. The second kappa shape index (κ2) is 6.72. The first-order valence-corrected chi connectivity index (χ1v) is 8.69. The number of carbonyl (C=O) groups excluding carboxylic acids is 2.